The van der Waals surface area contributed by atoms with Gasteiger partial charge < -0.3 is 15.7 Å². The van der Waals surface area contributed by atoms with Gasteiger partial charge in [0.25, 0.3) is 15.9 Å². The van der Waals surface area contributed by atoms with Crippen LogP contribution in [0.4, 0.5) is 11.4 Å². The lowest BCUT2D eigenvalue weighted by molar-refractivity contribution is -0.119. The van der Waals surface area contributed by atoms with Crippen LogP contribution in [0.2, 0.25) is 0 Å². The Balaban J connectivity index is 1.55. The molecule has 4 aliphatic rings. The average Bonchev–Trinajstić information content (AvgIpc) is 3.22. The normalized spacial score (nSPS) is 31.4. The number of amidine groups is 1. The molecule has 2 aliphatic heterocycles. The summed E-state index contributed by atoms with van der Waals surface area (Å²) >= 11 is 0. The van der Waals surface area contributed by atoms with Gasteiger partial charge in [-0.1, -0.05) is 0 Å². The fourth-order valence-electron chi connectivity index (χ4n) is 5.17. The number of benzene rings is 1. The molecule has 2 saturated carbocycles. The minimum absolute atomic E-state index is 0.0718. The van der Waals surface area contributed by atoms with Gasteiger partial charge >= 0.3 is 0 Å². The van der Waals surface area contributed by atoms with E-state index in [1.165, 1.54) is 12.1 Å². The third kappa shape index (κ3) is 2.97. The van der Waals surface area contributed by atoms with E-state index in [2.05, 4.69) is 19.8 Å². The second-order valence-electron chi connectivity index (χ2n) is 8.24. The molecule has 1 amide bonds. The van der Waals surface area contributed by atoms with Crippen molar-refractivity contribution in [1.82, 2.24) is 5.32 Å². The molecule has 2 heterocycles. The zero-order valence-corrected chi connectivity index (χ0v) is 17.5. The van der Waals surface area contributed by atoms with Gasteiger partial charge in [0.15, 0.2) is 5.84 Å². The van der Waals surface area contributed by atoms with E-state index in [4.69, 9.17) is 0 Å². The monoisotopic (exact) mass is 452 g/mol. The number of hydrogen-bond donors (Lipinski definition) is 4. The number of nitrogens with one attached hydrogen (secondary N) is 3. The molecule has 5 rings (SSSR count). The Morgan fingerprint density at radius 1 is 1.23 bits per heavy atom. The van der Waals surface area contributed by atoms with Crippen LogP contribution in [0.1, 0.15) is 19.3 Å². The van der Waals surface area contributed by atoms with Gasteiger partial charge in [-0.2, -0.15) is 8.42 Å². The number of aliphatic hydroxyl groups is 1. The molecule has 160 valence electrons. The molecule has 1 aromatic rings. The second kappa shape index (κ2) is 6.20. The van der Waals surface area contributed by atoms with Gasteiger partial charge in [-0.05, 0) is 49.3 Å². The van der Waals surface area contributed by atoms with Crippen molar-refractivity contribution in [2.75, 3.05) is 16.3 Å². The number of sulfonamides is 2. The molecule has 0 saturated heterocycles. The summed E-state index contributed by atoms with van der Waals surface area (Å²) in [4.78, 5) is 12.5. The maximum absolute atomic E-state index is 12.8. The Bertz CT molecular complexity index is 1250. The van der Waals surface area contributed by atoms with Crippen molar-refractivity contribution < 1.29 is 26.7 Å². The van der Waals surface area contributed by atoms with Crippen LogP contribution in [0.25, 0.3) is 0 Å². The fraction of sp³-hybridized carbons (Fsp3) is 0.444. The molecule has 2 fully saturated rings. The maximum Gasteiger partial charge on any atom is 0.286 e. The first-order valence-electron chi connectivity index (χ1n) is 9.52. The van der Waals surface area contributed by atoms with Gasteiger partial charge in [-0.15, -0.1) is 4.40 Å². The largest absolute Gasteiger partial charge is 0.511 e. The van der Waals surface area contributed by atoms with E-state index in [1.807, 2.05) is 0 Å². The molecule has 4 atom stereocenters. The Hall–Kier alpha value is -2.60. The predicted molar refractivity (Wildman–Crippen MR) is 109 cm³/mol. The summed E-state index contributed by atoms with van der Waals surface area (Å²) in [6.07, 6.45) is 3.87. The van der Waals surface area contributed by atoms with Crippen LogP contribution in [0, 0.1) is 17.8 Å². The second-order valence-corrected chi connectivity index (χ2v) is 11.6. The lowest BCUT2D eigenvalue weighted by atomic mass is 9.79. The van der Waals surface area contributed by atoms with E-state index in [1.54, 1.807) is 0 Å². The molecule has 30 heavy (non-hydrogen) atoms. The zero-order chi connectivity index (χ0) is 21.4. The molecule has 4 N–H and O–H groups in total. The van der Waals surface area contributed by atoms with E-state index in [0.29, 0.717) is 5.92 Å². The number of carbonyl (C=O) groups excluding carboxylic acids is 1. The number of hydrogen-bond acceptors (Lipinski definition) is 7. The quantitative estimate of drug-likeness (QED) is 0.532. The highest BCUT2D eigenvalue weighted by molar-refractivity contribution is 7.92. The number of anilines is 2. The lowest BCUT2D eigenvalue weighted by Crippen LogP contribution is -2.51. The molecule has 2 aliphatic carbocycles. The smallest absolute Gasteiger partial charge is 0.286 e. The van der Waals surface area contributed by atoms with Crippen molar-refractivity contribution in [3.63, 3.8) is 0 Å². The fourth-order valence-corrected chi connectivity index (χ4v) is 6.88. The van der Waals surface area contributed by atoms with E-state index in [-0.39, 0.29) is 51.3 Å². The average molecular weight is 453 g/mol. The van der Waals surface area contributed by atoms with Gasteiger partial charge in [-0.3, -0.25) is 9.52 Å². The van der Waals surface area contributed by atoms with Crippen LogP contribution in [-0.2, 0) is 24.8 Å². The van der Waals surface area contributed by atoms with E-state index in [0.717, 1.165) is 31.6 Å². The zero-order valence-electron chi connectivity index (χ0n) is 15.9. The minimum atomic E-state index is -4.23. The highest BCUT2D eigenvalue weighted by Gasteiger charge is 2.54. The van der Waals surface area contributed by atoms with Crippen LogP contribution >= 0.6 is 0 Å². The highest BCUT2D eigenvalue weighted by atomic mass is 32.2. The predicted octanol–water partition coefficient (Wildman–Crippen LogP) is 0.927. The van der Waals surface area contributed by atoms with Crippen molar-refractivity contribution in [2.24, 2.45) is 22.2 Å². The topological polar surface area (TPSA) is 154 Å². The van der Waals surface area contributed by atoms with Crippen molar-refractivity contribution >= 4 is 43.2 Å². The van der Waals surface area contributed by atoms with Crippen molar-refractivity contribution in [1.29, 1.82) is 0 Å². The van der Waals surface area contributed by atoms with Crippen molar-refractivity contribution in [3.8, 4) is 0 Å². The minimum Gasteiger partial charge on any atom is -0.511 e. The molecule has 0 radical (unpaired) electrons. The molecule has 10 nitrogen and oxygen atoms in total. The molecule has 2 bridgehead atoms. The standard InChI is InChI=1S/C18H20N4O6S2/c1-29(25,26)21-10-4-5-11-12(7-10)30(27,28)22-17(19-11)14-16(23)13-8-2-3-9(6-8)15(13)20-18(14)24/h4-5,7-9,13,15,21,23H,2-3,6H2,1H3,(H,19,22)(H,20,24)/t8-,9-,13+,15-/m0/s1. The summed E-state index contributed by atoms with van der Waals surface area (Å²) in [7, 11) is -7.82. The first-order chi connectivity index (χ1) is 14.0. The summed E-state index contributed by atoms with van der Waals surface area (Å²) in [5, 5.41) is 16.6. The summed E-state index contributed by atoms with van der Waals surface area (Å²) in [5.41, 5.74) is 0.0566. The van der Waals surface area contributed by atoms with Gasteiger partial charge in [-0.25, -0.2) is 8.42 Å². The third-order valence-electron chi connectivity index (χ3n) is 6.28. The van der Waals surface area contributed by atoms with E-state index < -0.39 is 26.0 Å². The number of rotatable bonds is 3. The van der Waals surface area contributed by atoms with Crippen LogP contribution < -0.4 is 15.4 Å². The molecule has 0 aromatic heterocycles. The van der Waals surface area contributed by atoms with Crippen molar-refractivity contribution in [2.45, 2.75) is 30.2 Å². The highest BCUT2D eigenvalue weighted by Crippen LogP contribution is 2.52. The van der Waals surface area contributed by atoms with Gasteiger partial charge in [0, 0.05) is 17.6 Å². The van der Waals surface area contributed by atoms with E-state index in [9.17, 15) is 26.7 Å². The number of carbonyl (C=O) groups is 1. The first-order valence-corrected chi connectivity index (χ1v) is 12.8. The van der Waals surface area contributed by atoms with E-state index >= 15 is 0 Å². The summed E-state index contributed by atoms with van der Waals surface area (Å²) in [6, 6.07) is 3.80. The SMILES string of the molecule is CS(=O)(=O)Nc1ccc2c(c1)S(=O)(=O)N=C(C1=C(O)[C@@H]3[C@H]4CC[C@@H](C4)[C@@H]3NC1=O)N2. The molecule has 0 unspecified atom stereocenters. The number of nitrogens with zero attached hydrogens (tertiary/aromatic N) is 1. The van der Waals surface area contributed by atoms with Gasteiger partial charge in [0.2, 0.25) is 10.0 Å². The number of amides is 1. The Morgan fingerprint density at radius 2 is 1.97 bits per heavy atom. The third-order valence-corrected chi connectivity index (χ3v) is 8.20. The molecular weight excluding hydrogens is 432 g/mol. The first kappa shape index (κ1) is 19.4. The Kier molecular flexibility index (Phi) is 4.00. The molecule has 12 heteroatoms. The molecule has 1 aromatic carbocycles. The van der Waals surface area contributed by atoms with Gasteiger partial charge in [0.1, 0.15) is 16.2 Å². The lowest BCUT2D eigenvalue weighted by Gasteiger charge is -2.36. The summed E-state index contributed by atoms with van der Waals surface area (Å²) in [5.74, 6) is -0.542. The number of fused-ring (bicyclic) bond motifs is 6. The summed E-state index contributed by atoms with van der Waals surface area (Å²) in [6.45, 7) is 0. The van der Waals surface area contributed by atoms with Crippen molar-refractivity contribution in [3.05, 3.63) is 29.5 Å². The molecular formula is C18H20N4O6S2. The number of aliphatic hydroxyl groups excluding tert-OH is 1. The Morgan fingerprint density at radius 3 is 2.70 bits per heavy atom. The van der Waals surface area contributed by atoms with Crippen LogP contribution in [0.3, 0.4) is 0 Å². The summed E-state index contributed by atoms with van der Waals surface area (Å²) < 4.78 is 54.3. The van der Waals surface area contributed by atoms with Crippen LogP contribution in [0.15, 0.2) is 38.8 Å². The van der Waals surface area contributed by atoms with Crippen LogP contribution in [0.5, 0.6) is 0 Å². The van der Waals surface area contributed by atoms with Gasteiger partial charge in [0.05, 0.1) is 11.9 Å². The van der Waals surface area contributed by atoms with Crippen LogP contribution in [-0.4, -0.2) is 46.0 Å². The maximum atomic E-state index is 12.8. The molecule has 0 spiro atoms. The Labute approximate surface area is 173 Å².